The summed E-state index contributed by atoms with van der Waals surface area (Å²) in [7, 11) is 1.71. The SMILES string of the molecule is C=Cc1nn(C2CCCCO2)c2ncc(-c3c(C)[nH]n(C)c3=O)cc12. The molecule has 0 amide bonds. The van der Waals surface area contributed by atoms with Crippen LogP contribution in [0.15, 0.2) is 23.6 Å². The third-order valence-electron chi connectivity index (χ3n) is 4.71. The van der Waals surface area contributed by atoms with Crippen LogP contribution >= 0.6 is 0 Å². The predicted octanol–water partition coefficient (Wildman–Crippen LogP) is 2.78. The van der Waals surface area contributed by atoms with Crippen LogP contribution in [0.3, 0.4) is 0 Å². The van der Waals surface area contributed by atoms with Gasteiger partial charge in [-0.15, -0.1) is 0 Å². The molecule has 130 valence electrons. The number of hydrogen-bond acceptors (Lipinski definition) is 4. The van der Waals surface area contributed by atoms with Crippen molar-refractivity contribution in [2.24, 2.45) is 7.05 Å². The van der Waals surface area contributed by atoms with E-state index in [0.29, 0.717) is 5.56 Å². The van der Waals surface area contributed by atoms with Gasteiger partial charge in [-0.1, -0.05) is 6.58 Å². The lowest BCUT2D eigenvalue weighted by atomic mass is 10.1. The lowest BCUT2D eigenvalue weighted by Crippen LogP contribution is -2.19. The number of pyridine rings is 1. The summed E-state index contributed by atoms with van der Waals surface area (Å²) >= 11 is 0. The smallest absolute Gasteiger partial charge is 0.274 e. The Hall–Kier alpha value is -2.67. The fourth-order valence-corrected chi connectivity index (χ4v) is 3.48. The van der Waals surface area contributed by atoms with Gasteiger partial charge in [0.05, 0.1) is 11.3 Å². The van der Waals surface area contributed by atoms with E-state index in [2.05, 4.69) is 21.8 Å². The van der Waals surface area contributed by atoms with Crippen LogP contribution in [0, 0.1) is 6.92 Å². The summed E-state index contributed by atoms with van der Waals surface area (Å²) < 4.78 is 9.17. The number of hydrogen-bond donors (Lipinski definition) is 1. The summed E-state index contributed by atoms with van der Waals surface area (Å²) in [5.74, 6) is 0. The van der Waals surface area contributed by atoms with Gasteiger partial charge in [0.15, 0.2) is 11.9 Å². The van der Waals surface area contributed by atoms with Gasteiger partial charge in [-0.2, -0.15) is 5.10 Å². The number of H-pyrrole nitrogens is 1. The third kappa shape index (κ3) is 2.51. The lowest BCUT2D eigenvalue weighted by molar-refractivity contribution is -0.0370. The zero-order valence-electron chi connectivity index (χ0n) is 14.5. The molecule has 0 aliphatic carbocycles. The first-order valence-corrected chi connectivity index (χ1v) is 8.48. The molecule has 7 heteroatoms. The van der Waals surface area contributed by atoms with Crippen molar-refractivity contribution in [3.05, 3.63) is 40.6 Å². The Labute approximate surface area is 144 Å². The van der Waals surface area contributed by atoms with Crippen molar-refractivity contribution in [3.63, 3.8) is 0 Å². The van der Waals surface area contributed by atoms with Crippen LogP contribution in [0.5, 0.6) is 0 Å². The molecule has 4 rings (SSSR count). The third-order valence-corrected chi connectivity index (χ3v) is 4.71. The van der Waals surface area contributed by atoms with Crippen molar-refractivity contribution in [2.45, 2.75) is 32.4 Å². The van der Waals surface area contributed by atoms with Crippen molar-refractivity contribution >= 4 is 17.1 Å². The number of rotatable bonds is 3. The second-order valence-corrected chi connectivity index (χ2v) is 6.43. The molecule has 1 N–H and O–H groups in total. The predicted molar refractivity (Wildman–Crippen MR) is 96.2 cm³/mol. The van der Waals surface area contributed by atoms with Crippen LogP contribution in [0.2, 0.25) is 0 Å². The summed E-state index contributed by atoms with van der Waals surface area (Å²) in [6, 6.07) is 1.96. The average Bonchev–Trinajstić information content (AvgIpc) is 3.12. The van der Waals surface area contributed by atoms with E-state index in [1.165, 1.54) is 4.68 Å². The maximum Gasteiger partial charge on any atom is 0.274 e. The van der Waals surface area contributed by atoms with Crippen LogP contribution in [-0.4, -0.2) is 31.2 Å². The number of nitrogens with one attached hydrogen (secondary N) is 1. The largest absolute Gasteiger partial charge is 0.356 e. The molecule has 0 aromatic carbocycles. The van der Waals surface area contributed by atoms with Gasteiger partial charge in [0.2, 0.25) is 0 Å². The molecule has 1 atom stereocenters. The molecule has 3 aromatic heterocycles. The number of nitrogens with zero attached hydrogens (tertiary/aromatic N) is 4. The first kappa shape index (κ1) is 15.8. The van der Waals surface area contributed by atoms with E-state index in [1.54, 1.807) is 19.3 Å². The molecule has 4 heterocycles. The molecule has 1 fully saturated rings. The minimum atomic E-state index is -0.0924. The van der Waals surface area contributed by atoms with Crippen LogP contribution < -0.4 is 5.56 Å². The van der Waals surface area contributed by atoms with E-state index in [1.807, 2.05) is 17.7 Å². The molecule has 1 aliphatic heterocycles. The highest BCUT2D eigenvalue weighted by molar-refractivity contribution is 5.88. The summed E-state index contributed by atoms with van der Waals surface area (Å²) in [5.41, 5.74) is 3.67. The summed E-state index contributed by atoms with van der Waals surface area (Å²) in [6.07, 6.45) is 6.48. The monoisotopic (exact) mass is 339 g/mol. The van der Waals surface area contributed by atoms with E-state index >= 15 is 0 Å². The van der Waals surface area contributed by atoms with Crippen molar-refractivity contribution in [1.29, 1.82) is 0 Å². The van der Waals surface area contributed by atoms with E-state index in [-0.39, 0.29) is 11.8 Å². The van der Waals surface area contributed by atoms with E-state index in [9.17, 15) is 4.79 Å². The molecule has 1 unspecified atom stereocenters. The fourth-order valence-electron chi connectivity index (χ4n) is 3.48. The zero-order valence-corrected chi connectivity index (χ0v) is 14.5. The molecule has 3 aromatic rings. The Bertz CT molecular complexity index is 1000. The summed E-state index contributed by atoms with van der Waals surface area (Å²) in [4.78, 5) is 17.0. The highest BCUT2D eigenvalue weighted by atomic mass is 16.5. The Morgan fingerprint density at radius 1 is 1.44 bits per heavy atom. The van der Waals surface area contributed by atoms with Crippen molar-refractivity contribution in [3.8, 4) is 11.1 Å². The van der Waals surface area contributed by atoms with Crippen LogP contribution in [0.25, 0.3) is 28.2 Å². The van der Waals surface area contributed by atoms with Crippen LogP contribution in [0.1, 0.15) is 36.9 Å². The Balaban J connectivity index is 1.88. The van der Waals surface area contributed by atoms with E-state index in [4.69, 9.17) is 4.74 Å². The molecular weight excluding hydrogens is 318 g/mol. The minimum absolute atomic E-state index is 0.0678. The van der Waals surface area contributed by atoms with Gasteiger partial charge in [0.25, 0.3) is 5.56 Å². The van der Waals surface area contributed by atoms with Gasteiger partial charge in [0.1, 0.15) is 0 Å². The van der Waals surface area contributed by atoms with E-state index in [0.717, 1.165) is 53.9 Å². The Kier molecular flexibility index (Phi) is 3.80. The zero-order chi connectivity index (χ0) is 17.6. The number of aryl methyl sites for hydroxylation is 2. The maximum atomic E-state index is 12.4. The standard InChI is InChI=1S/C18H21N5O2/c1-4-14-13-9-12(16-11(2)20-22(3)18(16)24)10-19-17(13)23(21-14)15-7-5-6-8-25-15/h4,9-10,15,20H,1,5-8H2,2-3H3. The Morgan fingerprint density at radius 3 is 2.92 bits per heavy atom. The molecule has 0 saturated carbocycles. The maximum absolute atomic E-state index is 12.4. The normalized spacial score (nSPS) is 17.9. The van der Waals surface area contributed by atoms with Gasteiger partial charge >= 0.3 is 0 Å². The first-order chi connectivity index (χ1) is 12.1. The highest BCUT2D eigenvalue weighted by Gasteiger charge is 2.22. The van der Waals surface area contributed by atoms with Gasteiger partial charge in [-0.05, 0) is 38.3 Å². The fraction of sp³-hybridized carbons (Fsp3) is 0.389. The lowest BCUT2D eigenvalue weighted by Gasteiger charge is -2.23. The Morgan fingerprint density at radius 2 is 2.28 bits per heavy atom. The second-order valence-electron chi connectivity index (χ2n) is 6.43. The van der Waals surface area contributed by atoms with Gasteiger partial charge in [0, 0.05) is 36.5 Å². The summed E-state index contributed by atoms with van der Waals surface area (Å²) in [6.45, 7) is 6.49. The molecular formula is C18H21N5O2. The molecule has 0 radical (unpaired) electrons. The van der Waals surface area contributed by atoms with E-state index < -0.39 is 0 Å². The number of aromatic nitrogens is 5. The van der Waals surface area contributed by atoms with Gasteiger partial charge < -0.3 is 4.74 Å². The topological polar surface area (TPSA) is 77.7 Å². The number of fused-ring (bicyclic) bond motifs is 1. The van der Waals surface area contributed by atoms with Crippen LogP contribution in [-0.2, 0) is 11.8 Å². The average molecular weight is 339 g/mol. The van der Waals surface area contributed by atoms with Crippen LogP contribution in [0.4, 0.5) is 0 Å². The first-order valence-electron chi connectivity index (χ1n) is 8.48. The molecule has 0 bridgehead atoms. The highest BCUT2D eigenvalue weighted by Crippen LogP contribution is 2.30. The molecule has 0 spiro atoms. The molecule has 1 aliphatic rings. The quantitative estimate of drug-likeness (QED) is 0.796. The summed E-state index contributed by atoms with van der Waals surface area (Å²) in [5, 5.41) is 8.54. The van der Waals surface area contributed by atoms with Crippen molar-refractivity contribution < 1.29 is 4.74 Å². The van der Waals surface area contributed by atoms with Crippen molar-refractivity contribution in [2.75, 3.05) is 6.61 Å². The van der Waals surface area contributed by atoms with Gasteiger partial charge in [-0.25, -0.2) is 9.67 Å². The molecule has 25 heavy (non-hydrogen) atoms. The molecule has 7 nitrogen and oxygen atoms in total. The number of aromatic amines is 1. The van der Waals surface area contributed by atoms with Gasteiger partial charge in [-0.3, -0.25) is 14.6 Å². The van der Waals surface area contributed by atoms with Crippen molar-refractivity contribution in [1.82, 2.24) is 24.5 Å². The second kappa shape index (κ2) is 6.00. The minimum Gasteiger partial charge on any atom is -0.356 e. The number of ether oxygens (including phenoxy) is 1. The molecule has 1 saturated heterocycles.